The molecular weight excluding hydrogens is 501 g/mol. The zero-order valence-corrected chi connectivity index (χ0v) is 19.2. The third-order valence-corrected chi connectivity index (χ3v) is 6.92. The maximum absolute atomic E-state index is 13.8. The van der Waals surface area contributed by atoms with Gasteiger partial charge in [-0.2, -0.15) is 13.2 Å². The van der Waals surface area contributed by atoms with Crippen LogP contribution < -0.4 is 15.5 Å². The molecule has 0 spiro atoms. The van der Waals surface area contributed by atoms with Gasteiger partial charge in [0.05, 0.1) is 21.4 Å². The second-order valence-corrected chi connectivity index (χ2v) is 9.11. The van der Waals surface area contributed by atoms with E-state index in [0.29, 0.717) is 46.1 Å². The number of benzene rings is 1. The minimum absolute atomic E-state index is 0.0323. The number of piperidine rings is 1. The fourth-order valence-electron chi connectivity index (χ4n) is 4.48. The van der Waals surface area contributed by atoms with E-state index in [1.54, 1.807) is 17.0 Å². The number of nitrogens with one attached hydrogen (secondary N) is 3. The minimum Gasteiger partial charge on any atom is -0.360 e. The van der Waals surface area contributed by atoms with Crippen LogP contribution in [0.5, 0.6) is 0 Å². The third-order valence-electron chi connectivity index (χ3n) is 6.12. The summed E-state index contributed by atoms with van der Waals surface area (Å²) in [6.45, 7) is 2.25. The van der Waals surface area contributed by atoms with E-state index in [-0.39, 0.29) is 23.6 Å². The van der Waals surface area contributed by atoms with Gasteiger partial charge in [-0.1, -0.05) is 0 Å². The Morgan fingerprint density at radius 3 is 2.79 bits per heavy atom. The lowest BCUT2D eigenvalue weighted by Gasteiger charge is -2.24. The summed E-state index contributed by atoms with van der Waals surface area (Å²) < 4.78 is 42.2. The van der Waals surface area contributed by atoms with Crippen molar-refractivity contribution in [2.75, 3.05) is 29.9 Å². The van der Waals surface area contributed by atoms with E-state index in [4.69, 9.17) is 0 Å². The fourth-order valence-corrected chi connectivity index (χ4v) is 5.16. The third kappa shape index (κ3) is 4.19. The van der Waals surface area contributed by atoms with Crippen molar-refractivity contribution < 1.29 is 18.0 Å². The molecule has 5 rings (SSSR count). The van der Waals surface area contributed by atoms with Crippen LogP contribution in [0.15, 0.2) is 29.0 Å². The smallest absolute Gasteiger partial charge is 0.360 e. The van der Waals surface area contributed by atoms with Crippen molar-refractivity contribution >= 4 is 44.4 Å². The molecule has 2 aliphatic rings. The van der Waals surface area contributed by atoms with E-state index in [0.717, 1.165) is 32.0 Å². The van der Waals surface area contributed by atoms with Gasteiger partial charge in [-0.25, -0.2) is 9.97 Å². The summed E-state index contributed by atoms with van der Waals surface area (Å²) in [6, 6.07) is 3.54. The van der Waals surface area contributed by atoms with E-state index < -0.39 is 11.7 Å². The Kier molecular flexibility index (Phi) is 5.77. The number of anilines is 2. The van der Waals surface area contributed by atoms with Crippen LogP contribution in [0.3, 0.4) is 0 Å². The van der Waals surface area contributed by atoms with Crippen LogP contribution in [-0.2, 0) is 11.0 Å². The molecule has 2 fully saturated rings. The van der Waals surface area contributed by atoms with Crippen LogP contribution in [0.1, 0.15) is 31.2 Å². The number of rotatable bonds is 4. The molecule has 174 valence electrons. The van der Waals surface area contributed by atoms with Gasteiger partial charge in [-0.05, 0) is 53.9 Å². The lowest BCUT2D eigenvalue weighted by Crippen LogP contribution is -2.38. The van der Waals surface area contributed by atoms with Gasteiger partial charge >= 0.3 is 6.18 Å². The minimum atomic E-state index is -4.61. The normalized spacial score (nSPS) is 19.5. The molecule has 2 aliphatic heterocycles. The number of hydrogen-bond acceptors (Lipinski definition) is 5. The topological polar surface area (TPSA) is 85.9 Å². The van der Waals surface area contributed by atoms with E-state index in [1.165, 1.54) is 6.20 Å². The zero-order chi connectivity index (χ0) is 23.2. The van der Waals surface area contributed by atoms with Crippen molar-refractivity contribution in [2.45, 2.75) is 37.9 Å². The number of alkyl halides is 3. The number of halogens is 4. The van der Waals surface area contributed by atoms with E-state index in [1.807, 2.05) is 0 Å². The number of aromatic amines is 1. The summed E-state index contributed by atoms with van der Waals surface area (Å²) in [7, 11) is 0. The SMILES string of the molecule is O=C1CCCN1c1ccc2c(-c3nc(N[C@H]4CCCNC4)ncc3C(F)(F)F)c[nH]c2c1Br. The quantitative estimate of drug-likeness (QED) is 0.462. The Morgan fingerprint density at radius 1 is 1.24 bits per heavy atom. The fraction of sp³-hybridized carbons (Fsp3) is 0.409. The predicted octanol–water partition coefficient (Wildman–Crippen LogP) is 4.70. The Hall–Kier alpha value is -2.66. The molecule has 0 bridgehead atoms. The number of carbonyl (C=O) groups excluding carboxylic acids is 1. The highest BCUT2D eigenvalue weighted by Crippen LogP contribution is 2.42. The van der Waals surface area contributed by atoms with Crippen molar-refractivity contribution in [3.05, 3.63) is 34.6 Å². The first kappa shape index (κ1) is 22.1. The van der Waals surface area contributed by atoms with E-state index in [9.17, 15) is 18.0 Å². The Labute approximate surface area is 196 Å². The molecule has 0 radical (unpaired) electrons. The number of amides is 1. The molecule has 1 atom stereocenters. The molecular formula is C22H22BrF3N6O. The molecule has 33 heavy (non-hydrogen) atoms. The number of fused-ring (bicyclic) bond motifs is 1. The molecule has 0 saturated carbocycles. The van der Waals surface area contributed by atoms with Gasteiger partial charge in [-0.15, -0.1) is 0 Å². The lowest BCUT2D eigenvalue weighted by molar-refractivity contribution is -0.137. The largest absolute Gasteiger partial charge is 0.419 e. The first-order valence-electron chi connectivity index (χ1n) is 10.8. The molecule has 3 aromatic rings. The van der Waals surface area contributed by atoms with Crippen molar-refractivity contribution in [1.29, 1.82) is 0 Å². The number of hydrogen-bond donors (Lipinski definition) is 3. The summed E-state index contributed by atoms with van der Waals surface area (Å²) >= 11 is 3.54. The average molecular weight is 523 g/mol. The Balaban J connectivity index is 1.58. The molecule has 0 aliphatic carbocycles. The maximum Gasteiger partial charge on any atom is 0.419 e. The average Bonchev–Trinajstić information content (AvgIpc) is 3.41. The number of nitrogens with zero attached hydrogens (tertiary/aromatic N) is 3. The second kappa shape index (κ2) is 8.60. The molecule has 2 saturated heterocycles. The number of H-pyrrole nitrogens is 1. The first-order chi connectivity index (χ1) is 15.8. The highest BCUT2D eigenvalue weighted by Gasteiger charge is 2.36. The number of aromatic nitrogens is 3. The Bertz CT molecular complexity index is 1200. The molecule has 11 heteroatoms. The second-order valence-electron chi connectivity index (χ2n) is 8.31. The monoisotopic (exact) mass is 522 g/mol. The van der Waals surface area contributed by atoms with Crippen molar-refractivity contribution in [3.63, 3.8) is 0 Å². The van der Waals surface area contributed by atoms with Gasteiger partial charge in [0.25, 0.3) is 0 Å². The van der Waals surface area contributed by atoms with Gasteiger partial charge in [0, 0.05) is 48.9 Å². The molecule has 7 nitrogen and oxygen atoms in total. The highest BCUT2D eigenvalue weighted by molar-refractivity contribution is 9.10. The highest BCUT2D eigenvalue weighted by atomic mass is 79.9. The molecule has 0 unspecified atom stereocenters. The van der Waals surface area contributed by atoms with Gasteiger partial charge in [0.15, 0.2) is 0 Å². The maximum atomic E-state index is 13.8. The summed E-state index contributed by atoms with van der Waals surface area (Å²) in [6.07, 6.45) is 0.891. The van der Waals surface area contributed by atoms with Crippen LogP contribution in [0.2, 0.25) is 0 Å². The first-order valence-corrected chi connectivity index (χ1v) is 11.6. The van der Waals surface area contributed by atoms with E-state index in [2.05, 4.69) is 41.5 Å². The number of carbonyl (C=O) groups is 1. The molecule has 1 aromatic carbocycles. The summed E-state index contributed by atoms with van der Waals surface area (Å²) in [5.41, 5.74) is 0.548. The van der Waals surface area contributed by atoms with Crippen LogP contribution in [0, 0.1) is 0 Å². The van der Waals surface area contributed by atoms with Gasteiger partial charge in [0.2, 0.25) is 11.9 Å². The molecule has 1 amide bonds. The molecule has 3 N–H and O–H groups in total. The van der Waals surface area contributed by atoms with Crippen LogP contribution in [0.4, 0.5) is 24.8 Å². The van der Waals surface area contributed by atoms with Crippen molar-refractivity contribution in [1.82, 2.24) is 20.3 Å². The van der Waals surface area contributed by atoms with E-state index >= 15 is 0 Å². The van der Waals surface area contributed by atoms with Gasteiger partial charge in [0.1, 0.15) is 5.56 Å². The van der Waals surface area contributed by atoms with Crippen LogP contribution >= 0.6 is 15.9 Å². The zero-order valence-electron chi connectivity index (χ0n) is 17.6. The molecule has 4 heterocycles. The summed E-state index contributed by atoms with van der Waals surface area (Å²) in [4.78, 5) is 25.2. The van der Waals surface area contributed by atoms with Crippen molar-refractivity contribution in [3.8, 4) is 11.3 Å². The predicted molar refractivity (Wildman–Crippen MR) is 123 cm³/mol. The van der Waals surface area contributed by atoms with Crippen LogP contribution in [0.25, 0.3) is 22.2 Å². The summed E-state index contributed by atoms with van der Waals surface area (Å²) in [5.74, 6) is 0.198. The lowest BCUT2D eigenvalue weighted by atomic mass is 10.0. The van der Waals surface area contributed by atoms with Gasteiger partial charge in [-0.3, -0.25) is 4.79 Å². The standard InChI is InChI=1S/C22H22BrF3N6O/c23-18-16(32-8-2-4-17(32)33)6-5-13-14(10-28-20(13)18)19-15(22(24,25)26)11-29-21(31-19)30-12-3-1-7-27-9-12/h5-6,10-12,27-28H,1-4,7-9H2,(H,29,30,31)/t12-/m0/s1. The van der Waals surface area contributed by atoms with Crippen LogP contribution in [-0.4, -0.2) is 46.5 Å². The van der Waals surface area contributed by atoms with Gasteiger partial charge < -0.3 is 20.5 Å². The molecule has 2 aromatic heterocycles. The Morgan fingerprint density at radius 2 is 2.09 bits per heavy atom. The van der Waals surface area contributed by atoms with Crippen molar-refractivity contribution in [2.24, 2.45) is 0 Å². The summed E-state index contributed by atoms with van der Waals surface area (Å²) in [5, 5.41) is 6.99.